The molecule has 2 rings (SSSR count). The molecule has 0 unspecified atom stereocenters. The number of nitrogen functional groups attached to an aromatic ring is 1. The molecule has 0 saturated carbocycles. The fourth-order valence-corrected chi connectivity index (χ4v) is 2.27. The first kappa shape index (κ1) is 13.2. The molecule has 0 spiro atoms. The fraction of sp³-hybridized carbons (Fsp3) is 0.143. The smallest absolute Gasteiger partial charge is 0.0601 e. The molecule has 0 atom stereocenters. The summed E-state index contributed by atoms with van der Waals surface area (Å²) in [6, 6.07) is 13.8. The van der Waals surface area contributed by atoms with Crippen molar-refractivity contribution in [3.63, 3.8) is 0 Å². The topological polar surface area (TPSA) is 29.3 Å². The highest BCUT2D eigenvalue weighted by molar-refractivity contribution is 9.10. The summed E-state index contributed by atoms with van der Waals surface area (Å²) in [4.78, 5) is 2.11. The minimum Gasteiger partial charge on any atom is -0.397 e. The number of nitrogens with zero attached hydrogens (tertiary/aromatic N) is 1. The average Bonchev–Trinajstić information content (AvgIpc) is 2.32. The Kier molecular flexibility index (Phi) is 4.15. The Morgan fingerprint density at radius 3 is 2.44 bits per heavy atom. The van der Waals surface area contributed by atoms with E-state index in [-0.39, 0.29) is 0 Å². The molecule has 0 bridgehead atoms. The molecule has 0 aliphatic carbocycles. The predicted octanol–water partition coefficient (Wildman–Crippen LogP) is 4.32. The van der Waals surface area contributed by atoms with E-state index in [0.717, 1.165) is 16.7 Å². The predicted molar refractivity (Wildman–Crippen MR) is 82.1 cm³/mol. The molecule has 94 valence electrons. The maximum atomic E-state index is 5.97. The van der Waals surface area contributed by atoms with Gasteiger partial charge < -0.3 is 10.6 Å². The monoisotopic (exact) mass is 324 g/mol. The highest BCUT2D eigenvalue weighted by atomic mass is 79.9. The average molecular weight is 326 g/mol. The van der Waals surface area contributed by atoms with Gasteiger partial charge in [0.25, 0.3) is 0 Å². The molecular weight excluding hydrogens is 312 g/mol. The van der Waals surface area contributed by atoms with Crippen LogP contribution in [0.4, 0.5) is 11.4 Å². The summed E-state index contributed by atoms with van der Waals surface area (Å²) in [5.74, 6) is 0. The van der Waals surface area contributed by atoms with Crippen LogP contribution < -0.4 is 10.6 Å². The molecule has 0 aliphatic rings. The second-order valence-corrected chi connectivity index (χ2v) is 5.54. The van der Waals surface area contributed by atoms with Gasteiger partial charge in [-0.2, -0.15) is 0 Å². The van der Waals surface area contributed by atoms with Crippen molar-refractivity contribution >= 4 is 38.9 Å². The lowest BCUT2D eigenvalue weighted by Gasteiger charge is -2.21. The van der Waals surface area contributed by atoms with E-state index in [9.17, 15) is 0 Å². The molecule has 4 heteroatoms. The van der Waals surface area contributed by atoms with E-state index in [4.69, 9.17) is 17.3 Å². The quantitative estimate of drug-likeness (QED) is 0.852. The van der Waals surface area contributed by atoms with Crippen LogP contribution in [0, 0.1) is 0 Å². The lowest BCUT2D eigenvalue weighted by Crippen LogP contribution is -2.17. The van der Waals surface area contributed by atoms with Crippen molar-refractivity contribution < 1.29 is 0 Å². The van der Waals surface area contributed by atoms with Crippen LogP contribution in [0.15, 0.2) is 46.9 Å². The van der Waals surface area contributed by atoms with Gasteiger partial charge in [0.15, 0.2) is 0 Å². The van der Waals surface area contributed by atoms with Gasteiger partial charge in [0.2, 0.25) is 0 Å². The van der Waals surface area contributed by atoms with Crippen LogP contribution in [0.5, 0.6) is 0 Å². The third kappa shape index (κ3) is 3.18. The first-order valence-electron chi connectivity index (χ1n) is 5.57. The van der Waals surface area contributed by atoms with E-state index in [1.807, 2.05) is 31.3 Å². The van der Waals surface area contributed by atoms with E-state index in [0.29, 0.717) is 10.7 Å². The molecule has 0 heterocycles. The molecule has 0 saturated heterocycles. The number of benzene rings is 2. The Morgan fingerprint density at radius 2 is 1.83 bits per heavy atom. The SMILES string of the molecule is CN(Cc1ccc(Br)cc1)c1ccc(Cl)cc1N. The number of hydrogen-bond acceptors (Lipinski definition) is 2. The number of nitrogens with two attached hydrogens (primary N) is 1. The summed E-state index contributed by atoms with van der Waals surface area (Å²) in [7, 11) is 2.02. The van der Waals surface area contributed by atoms with Gasteiger partial charge in [-0.15, -0.1) is 0 Å². The molecule has 2 nitrogen and oxygen atoms in total. The number of halogens is 2. The molecular formula is C14H14BrClN2. The maximum absolute atomic E-state index is 5.97. The highest BCUT2D eigenvalue weighted by Gasteiger charge is 2.06. The lowest BCUT2D eigenvalue weighted by atomic mass is 10.2. The maximum Gasteiger partial charge on any atom is 0.0601 e. The Labute approximate surface area is 120 Å². The molecule has 2 aromatic carbocycles. The third-order valence-corrected chi connectivity index (χ3v) is 3.50. The number of anilines is 2. The minimum absolute atomic E-state index is 0.660. The summed E-state index contributed by atoms with van der Waals surface area (Å²) in [5.41, 5.74) is 8.88. The Bertz CT molecular complexity index is 540. The van der Waals surface area contributed by atoms with Crippen molar-refractivity contribution in [2.75, 3.05) is 17.7 Å². The molecule has 0 radical (unpaired) electrons. The zero-order chi connectivity index (χ0) is 13.1. The second-order valence-electron chi connectivity index (χ2n) is 4.19. The van der Waals surface area contributed by atoms with Gasteiger partial charge in [-0.05, 0) is 35.9 Å². The zero-order valence-corrected chi connectivity index (χ0v) is 12.4. The van der Waals surface area contributed by atoms with Crippen molar-refractivity contribution in [2.24, 2.45) is 0 Å². The van der Waals surface area contributed by atoms with Crippen LogP contribution in [0.3, 0.4) is 0 Å². The normalized spacial score (nSPS) is 10.4. The van der Waals surface area contributed by atoms with Crippen LogP contribution >= 0.6 is 27.5 Å². The lowest BCUT2D eigenvalue weighted by molar-refractivity contribution is 0.924. The molecule has 0 amide bonds. The Hall–Kier alpha value is -1.19. The van der Waals surface area contributed by atoms with Crippen LogP contribution in [0.2, 0.25) is 5.02 Å². The van der Waals surface area contributed by atoms with Gasteiger partial charge in [0.1, 0.15) is 0 Å². The summed E-state index contributed by atoms with van der Waals surface area (Å²) in [5, 5.41) is 0.660. The second kappa shape index (κ2) is 5.63. The number of rotatable bonds is 3. The van der Waals surface area contributed by atoms with Gasteiger partial charge in [-0.25, -0.2) is 0 Å². The van der Waals surface area contributed by atoms with Crippen molar-refractivity contribution in [2.45, 2.75) is 6.54 Å². The minimum atomic E-state index is 0.660. The van der Waals surface area contributed by atoms with Crippen LogP contribution in [0.1, 0.15) is 5.56 Å². The summed E-state index contributed by atoms with van der Waals surface area (Å²) in [6.45, 7) is 0.805. The van der Waals surface area contributed by atoms with Crippen LogP contribution in [-0.4, -0.2) is 7.05 Å². The summed E-state index contributed by atoms with van der Waals surface area (Å²) in [6.07, 6.45) is 0. The fourth-order valence-electron chi connectivity index (χ4n) is 1.82. The van der Waals surface area contributed by atoms with E-state index in [1.54, 1.807) is 6.07 Å². The van der Waals surface area contributed by atoms with Gasteiger partial charge in [0, 0.05) is 23.1 Å². The van der Waals surface area contributed by atoms with Crippen LogP contribution in [-0.2, 0) is 6.54 Å². The van der Waals surface area contributed by atoms with E-state index >= 15 is 0 Å². The summed E-state index contributed by atoms with van der Waals surface area (Å²) >= 11 is 9.32. The largest absolute Gasteiger partial charge is 0.397 e. The van der Waals surface area contributed by atoms with Crippen molar-refractivity contribution in [3.8, 4) is 0 Å². The Morgan fingerprint density at radius 1 is 1.17 bits per heavy atom. The van der Waals surface area contributed by atoms with E-state index in [1.165, 1.54) is 5.56 Å². The van der Waals surface area contributed by atoms with Gasteiger partial charge >= 0.3 is 0 Å². The zero-order valence-electron chi connectivity index (χ0n) is 10.0. The van der Waals surface area contributed by atoms with Crippen molar-refractivity contribution in [3.05, 3.63) is 57.5 Å². The van der Waals surface area contributed by atoms with E-state index in [2.05, 4.69) is 33.0 Å². The number of hydrogen-bond donors (Lipinski definition) is 1. The van der Waals surface area contributed by atoms with Gasteiger partial charge in [-0.3, -0.25) is 0 Å². The van der Waals surface area contributed by atoms with Crippen LogP contribution in [0.25, 0.3) is 0 Å². The summed E-state index contributed by atoms with van der Waals surface area (Å²) < 4.78 is 1.08. The Balaban J connectivity index is 2.16. The van der Waals surface area contributed by atoms with Gasteiger partial charge in [0.05, 0.1) is 11.4 Å². The first-order valence-corrected chi connectivity index (χ1v) is 6.74. The van der Waals surface area contributed by atoms with Crippen molar-refractivity contribution in [1.29, 1.82) is 0 Å². The molecule has 0 fully saturated rings. The molecule has 18 heavy (non-hydrogen) atoms. The molecule has 0 aliphatic heterocycles. The third-order valence-electron chi connectivity index (χ3n) is 2.73. The van der Waals surface area contributed by atoms with Crippen molar-refractivity contribution in [1.82, 2.24) is 0 Å². The van der Waals surface area contributed by atoms with E-state index < -0.39 is 0 Å². The first-order chi connectivity index (χ1) is 8.56. The van der Waals surface area contributed by atoms with Gasteiger partial charge in [-0.1, -0.05) is 39.7 Å². The molecule has 0 aromatic heterocycles. The highest BCUT2D eigenvalue weighted by Crippen LogP contribution is 2.26. The molecule has 2 aromatic rings. The standard InChI is InChI=1S/C14H14BrClN2/c1-18(9-10-2-4-11(15)5-3-10)14-7-6-12(16)8-13(14)17/h2-8H,9,17H2,1H3. The molecule has 2 N–H and O–H groups in total.